The molecule has 0 atom stereocenters. The molecule has 0 saturated carbocycles. The van der Waals surface area contributed by atoms with Gasteiger partial charge >= 0.3 is 0 Å². The number of aryl methyl sites for hydroxylation is 1. The second-order valence-corrected chi connectivity index (χ2v) is 5.20. The molecule has 1 aromatic carbocycles. The van der Waals surface area contributed by atoms with Crippen LogP contribution in [0.1, 0.15) is 15.2 Å². The second kappa shape index (κ2) is 5.66. The number of hydrogen-bond acceptors (Lipinski definition) is 6. The minimum atomic E-state index is -0.502. The summed E-state index contributed by atoms with van der Waals surface area (Å²) in [5.74, 6) is -0.356. The first-order chi connectivity index (χ1) is 9.51. The van der Waals surface area contributed by atoms with Crippen LogP contribution in [-0.4, -0.2) is 22.9 Å². The molecule has 2 aromatic rings. The zero-order valence-corrected chi connectivity index (χ0v) is 11.7. The Morgan fingerprint density at radius 1 is 1.45 bits per heavy atom. The topological polar surface area (TPSA) is 97.2 Å². The number of hydrogen-bond donors (Lipinski definition) is 2. The number of anilines is 2. The number of thiazole rings is 1. The Morgan fingerprint density at radius 3 is 2.75 bits per heavy atom. The van der Waals surface area contributed by atoms with Crippen molar-refractivity contribution in [2.24, 2.45) is 0 Å². The van der Waals surface area contributed by atoms with Crippen molar-refractivity contribution in [2.45, 2.75) is 6.92 Å². The van der Waals surface area contributed by atoms with E-state index in [0.29, 0.717) is 10.7 Å². The summed E-state index contributed by atoms with van der Waals surface area (Å²) in [4.78, 5) is 27.4. The number of benzene rings is 1. The number of rotatable bonds is 4. The van der Waals surface area contributed by atoms with Gasteiger partial charge in [0.2, 0.25) is 0 Å². The molecule has 0 aliphatic rings. The van der Waals surface area contributed by atoms with Crippen LogP contribution in [0.5, 0.6) is 0 Å². The first kappa shape index (κ1) is 13.9. The highest BCUT2D eigenvalue weighted by Crippen LogP contribution is 2.25. The van der Waals surface area contributed by atoms with E-state index in [1.54, 1.807) is 13.2 Å². The van der Waals surface area contributed by atoms with Gasteiger partial charge < -0.3 is 5.32 Å². The van der Waals surface area contributed by atoms with Gasteiger partial charge in [0.15, 0.2) is 5.13 Å². The number of carbonyl (C=O) groups excluding carboxylic acids is 1. The van der Waals surface area contributed by atoms with Crippen LogP contribution in [0.2, 0.25) is 0 Å². The first-order valence-electron chi connectivity index (χ1n) is 5.71. The Morgan fingerprint density at radius 2 is 2.20 bits per heavy atom. The summed E-state index contributed by atoms with van der Waals surface area (Å²) in [6, 6.07) is 4.15. The highest BCUT2D eigenvalue weighted by molar-refractivity contribution is 7.15. The lowest BCUT2D eigenvalue weighted by atomic mass is 10.1. The molecule has 7 nitrogen and oxygen atoms in total. The lowest BCUT2D eigenvalue weighted by molar-refractivity contribution is -0.383. The molecular formula is C12H12N4O3S. The number of amides is 1. The van der Waals surface area contributed by atoms with Gasteiger partial charge in [-0.3, -0.25) is 20.2 Å². The summed E-state index contributed by atoms with van der Waals surface area (Å²) in [6.07, 6.45) is 1.66. The van der Waals surface area contributed by atoms with E-state index < -0.39 is 4.92 Å². The van der Waals surface area contributed by atoms with Crippen molar-refractivity contribution in [3.05, 3.63) is 45.0 Å². The van der Waals surface area contributed by atoms with Gasteiger partial charge in [0.05, 0.1) is 4.92 Å². The summed E-state index contributed by atoms with van der Waals surface area (Å²) in [7, 11) is 1.56. The van der Waals surface area contributed by atoms with Crippen molar-refractivity contribution in [2.75, 3.05) is 17.7 Å². The Balaban J connectivity index is 2.24. The zero-order chi connectivity index (χ0) is 14.7. The third kappa shape index (κ3) is 2.91. The van der Waals surface area contributed by atoms with Crippen LogP contribution in [0.25, 0.3) is 0 Å². The largest absolute Gasteiger partial charge is 0.383 e. The highest BCUT2D eigenvalue weighted by atomic mass is 32.1. The molecule has 2 rings (SSSR count). The molecule has 1 heterocycles. The third-order valence-electron chi connectivity index (χ3n) is 2.57. The maximum atomic E-state index is 12.0. The van der Waals surface area contributed by atoms with Gasteiger partial charge in [-0.05, 0) is 19.1 Å². The van der Waals surface area contributed by atoms with E-state index in [-0.39, 0.29) is 17.3 Å². The SMILES string of the molecule is CNc1cc(C(=O)Nc2ncc(C)s2)ccc1[N+](=O)[O-]. The maximum absolute atomic E-state index is 12.0. The minimum Gasteiger partial charge on any atom is -0.383 e. The molecule has 2 N–H and O–H groups in total. The molecule has 0 radical (unpaired) electrons. The van der Waals surface area contributed by atoms with Gasteiger partial charge in [-0.2, -0.15) is 0 Å². The maximum Gasteiger partial charge on any atom is 0.292 e. The van der Waals surface area contributed by atoms with E-state index >= 15 is 0 Å². The van der Waals surface area contributed by atoms with Gasteiger partial charge in [0.1, 0.15) is 5.69 Å². The molecule has 8 heteroatoms. The molecule has 0 spiro atoms. The van der Waals surface area contributed by atoms with Gasteiger partial charge in [-0.15, -0.1) is 11.3 Å². The van der Waals surface area contributed by atoms with E-state index in [4.69, 9.17) is 0 Å². The van der Waals surface area contributed by atoms with Crippen LogP contribution in [-0.2, 0) is 0 Å². The van der Waals surface area contributed by atoms with Gasteiger partial charge in [-0.1, -0.05) is 0 Å². The lowest BCUT2D eigenvalue weighted by Crippen LogP contribution is -2.12. The molecule has 0 aliphatic heterocycles. The summed E-state index contributed by atoms with van der Waals surface area (Å²) >= 11 is 1.36. The van der Waals surface area contributed by atoms with E-state index in [9.17, 15) is 14.9 Å². The summed E-state index contributed by atoms with van der Waals surface area (Å²) < 4.78 is 0. The van der Waals surface area contributed by atoms with E-state index in [0.717, 1.165) is 4.88 Å². The predicted molar refractivity (Wildman–Crippen MR) is 77.4 cm³/mol. The Hall–Kier alpha value is -2.48. The van der Waals surface area contributed by atoms with Crippen LogP contribution >= 0.6 is 11.3 Å². The third-order valence-corrected chi connectivity index (χ3v) is 3.39. The van der Waals surface area contributed by atoms with Crippen LogP contribution in [0.3, 0.4) is 0 Å². The lowest BCUT2D eigenvalue weighted by Gasteiger charge is -2.05. The molecular weight excluding hydrogens is 280 g/mol. The smallest absolute Gasteiger partial charge is 0.292 e. The van der Waals surface area contributed by atoms with Gasteiger partial charge in [0.25, 0.3) is 11.6 Å². The Labute approximate surface area is 118 Å². The number of nitro groups is 1. The summed E-state index contributed by atoms with van der Waals surface area (Å²) in [5, 5.41) is 16.7. The molecule has 0 aliphatic carbocycles. The van der Waals surface area contributed by atoms with E-state index in [2.05, 4.69) is 15.6 Å². The van der Waals surface area contributed by atoms with Crippen molar-refractivity contribution in [3.63, 3.8) is 0 Å². The van der Waals surface area contributed by atoms with E-state index in [1.165, 1.54) is 29.5 Å². The standard InChI is InChI=1S/C12H12N4O3S/c1-7-6-14-12(20-7)15-11(17)8-3-4-10(16(18)19)9(5-8)13-2/h3-6,13H,1-2H3,(H,14,15,17). The summed E-state index contributed by atoms with van der Waals surface area (Å²) in [5.41, 5.74) is 0.542. The van der Waals surface area contributed by atoms with Gasteiger partial charge in [-0.25, -0.2) is 4.98 Å². The van der Waals surface area contributed by atoms with Crippen molar-refractivity contribution in [1.82, 2.24) is 4.98 Å². The molecule has 1 amide bonds. The molecule has 0 bridgehead atoms. The molecule has 0 unspecified atom stereocenters. The molecule has 0 fully saturated rings. The first-order valence-corrected chi connectivity index (χ1v) is 6.53. The average Bonchev–Trinajstić information content (AvgIpc) is 2.83. The second-order valence-electron chi connectivity index (χ2n) is 3.97. The Kier molecular flexibility index (Phi) is 3.94. The van der Waals surface area contributed by atoms with Crippen LogP contribution in [0.4, 0.5) is 16.5 Å². The van der Waals surface area contributed by atoms with E-state index in [1.807, 2.05) is 6.92 Å². The quantitative estimate of drug-likeness (QED) is 0.667. The highest BCUT2D eigenvalue weighted by Gasteiger charge is 2.16. The molecule has 1 aromatic heterocycles. The van der Waals surface area contributed by atoms with Crippen LogP contribution in [0, 0.1) is 17.0 Å². The monoisotopic (exact) mass is 292 g/mol. The van der Waals surface area contributed by atoms with Crippen LogP contribution in [0.15, 0.2) is 24.4 Å². The molecule has 0 saturated heterocycles. The average molecular weight is 292 g/mol. The zero-order valence-electron chi connectivity index (χ0n) is 10.8. The van der Waals surface area contributed by atoms with Gasteiger partial charge in [0, 0.05) is 29.8 Å². The van der Waals surface area contributed by atoms with Crippen molar-refractivity contribution < 1.29 is 9.72 Å². The number of nitrogens with zero attached hydrogens (tertiary/aromatic N) is 2. The van der Waals surface area contributed by atoms with Crippen molar-refractivity contribution >= 4 is 33.8 Å². The molecule has 104 valence electrons. The summed E-state index contributed by atoms with van der Waals surface area (Å²) in [6.45, 7) is 1.89. The van der Waals surface area contributed by atoms with Crippen molar-refractivity contribution in [3.8, 4) is 0 Å². The Bertz CT molecular complexity index is 668. The number of nitrogens with one attached hydrogen (secondary N) is 2. The fourth-order valence-electron chi connectivity index (χ4n) is 1.62. The number of aromatic nitrogens is 1. The fourth-order valence-corrected chi connectivity index (χ4v) is 2.28. The van der Waals surface area contributed by atoms with Crippen molar-refractivity contribution in [1.29, 1.82) is 0 Å². The minimum absolute atomic E-state index is 0.0749. The number of carbonyl (C=O) groups is 1. The fraction of sp³-hybridized carbons (Fsp3) is 0.167. The number of nitro benzene ring substituents is 1. The normalized spacial score (nSPS) is 10.1. The van der Waals surface area contributed by atoms with Crippen LogP contribution < -0.4 is 10.6 Å². The predicted octanol–water partition coefficient (Wildman–Crippen LogP) is 2.65. The molecule has 20 heavy (non-hydrogen) atoms.